The number of aryl methyl sites for hydroxylation is 3. The number of fused-ring (bicyclic) bond motifs is 3. The Morgan fingerprint density at radius 1 is 1.46 bits per heavy atom. The Kier molecular flexibility index (Phi) is 4.36. The highest BCUT2D eigenvalue weighted by Gasteiger charge is 2.24. The van der Waals surface area contributed by atoms with Crippen molar-refractivity contribution in [2.45, 2.75) is 43.5 Å². The molecule has 0 fully saturated rings. The highest BCUT2D eigenvalue weighted by atomic mass is 32.2. The van der Waals surface area contributed by atoms with Crippen molar-refractivity contribution in [3.8, 4) is 0 Å². The van der Waals surface area contributed by atoms with Crippen molar-refractivity contribution in [2.75, 3.05) is 5.32 Å². The van der Waals surface area contributed by atoms with Crippen molar-refractivity contribution in [3.05, 3.63) is 32.6 Å². The molecule has 3 aromatic rings. The molecule has 1 amide bonds. The number of rotatable bonds is 4. The molecular weight excluding hydrogens is 372 g/mol. The van der Waals surface area contributed by atoms with Crippen molar-refractivity contribution in [3.63, 3.8) is 0 Å². The second kappa shape index (κ2) is 6.55. The van der Waals surface area contributed by atoms with Gasteiger partial charge in [0.15, 0.2) is 11.0 Å². The lowest BCUT2D eigenvalue weighted by Crippen LogP contribution is -2.25. The second-order valence-corrected chi connectivity index (χ2v) is 8.76. The van der Waals surface area contributed by atoms with E-state index in [0.717, 1.165) is 29.5 Å². The van der Waals surface area contributed by atoms with E-state index in [2.05, 4.69) is 15.5 Å². The van der Waals surface area contributed by atoms with Gasteiger partial charge in [0.1, 0.15) is 10.6 Å². The highest BCUT2D eigenvalue weighted by Crippen LogP contribution is 2.35. The third-order valence-electron chi connectivity index (χ3n) is 4.44. The molecular formula is C17H18N4O3S2. The zero-order valence-electron chi connectivity index (χ0n) is 14.7. The van der Waals surface area contributed by atoms with Crippen molar-refractivity contribution in [1.29, 1.82) is 0 Å². The molecule has 0 saturated heterocycles. The molecule has 3 heterocycles. The van der Waals surface area contributed by atoms with Crippen LogP contribution in [0, 0.1) is 6.92 Å². The van der Waals surface area contributed by atoms with E-state index in [1.807, 2.05) is 0 Å². The predicted molar refractivity (Wildman–Crippen MR) is 102 cm³/mol. The fraction of sp³-hybridized carbons (Fsp3) is 0.412. The molecule has 7 nitrogen and oxygen atoms in total. The van der Waals surface area contributed by atoms with Crippen LogP contribution < -0.4 is 10.9 Å². The number of thioether (sulfide) groups is 1. The van der Waals surface area contributed by atoms with Gasteiger partial charge >= 0.3 is 0 Å². The lowest BCUT2D eigenvalue weighted by atomic mass is 10.2. The molecule has 1 atom stereocenters. The quantitative estimate of drug-likeness (QED) is 0.544. The highest BCUT2D eigenvalue weighted by molar-refractivity contribution is 8.00. The van der Waals surface area contributed by atoms with Crippen LogP contribution in [0.2, 0.25) is 0 Å². The van der Waals surface area contributed by atoms with Crippen molar-refractivity contribution in [2.24, 2.45) is 7.05 Å². The van der Waals surface area contributed by atoms with Crippen molar-refractivity contribution in [1.82, 2.24) is 14.7 Å². The van der Waals surface area contributed by atoms with Crippen LogP contribution in [0.4, 0.5) is 5.82 Å². The number of carbonyl (C=O) groups excluding carboxylic acids is 1. The molecule has 136 valence electrons. The van der Waals surface area contributed by atoms with Crippen molar-refractivity contribution < 1.29 is 9.32 Å². The van der Waals surface area contributed by atoms with E-state index < -0.39 is 5.25 Å². The molecule has 0 radical (unpaired) electrons. The second-order valence-electron chi connectivity index (χ2n) is 6.37. The van der Waals surface area contributed by atoms with E-state index in [9.17, 15) is 9.59 Å². The van der Waals surface area contributed by atoms with Crippen LogP contribution in [0.3, 0.4) is 0 Å². The largest absolute Gasteiger partial charge is 0.360 e. The molecule has 1 aliphatic rings. The Morgan fingerprint density at radius 3 is 3.00 bits per heavy atom. The molecule has 0 saturated carbocycles. The summed E-state index contributed by atoms with van der Waals surface area (Å²) >= 11 is 2.87. The first-order chi connectivity index (χ1) is 12.4. The number of aromatic nitrogens is 3. The van der Waals surface area contributed by atoms with Crippen LogP contribution in [0.1, 0.15) is 29.5 Å². The Bertz CT molecular complexity index is 1070. The Balaban J connectivity index is 1.59. The summed E-state index contributed by atoms with van der Waals surface area (Å²) in [5, 5.41) is 7.33. The summed E-state index contributed by atoms with van der Waals surface area (Å²) in [5.74, 6) is 0.791. The first-order valence-corrected chi connectivity index (χ1v) is 10.1. The van der Waals surface area contributed by atoms with Gasteiger partial charge in [-0.3, -0.25) is 14.2 Å². The molecule has 1 unspecified atom stereocenters. The van der Waals surface area contributed by atoms with E-state index in [0.29, 0.717) is 16.7 Å². The van der Waals surface area contributed by atoms with Gasteiger partial charge in [0.25, 0.3) is 5.56 Å². The average Bonchev–Trinajstić information content (AvgIpc) is 3.28. The first kappa shape index (κ1) is 17.3. The predicted octanol–water partition coefficient (Wildman–Crippen LogP) is 2.90. The van der Waals surface area contributed by atoms with Gasteiger partial charge in [0.2, 0.25) is 5.91 Å². The molecule has 9 heteroatoms. The zero-order chi connectivity index (χ0) is 18.4. The molecule has 1 N–H and O–H groups in total. The van der Waals surface area contributed by atoms with E-state index in [4.69, 9.17) is 4.52 Å². The SMILES string of the molecule is Cc1cc(NC(=O)C(C)Sc2nc3sc4c(c3c(=O)n2C)CCC4)no1. The molecule has 0 aliphatic heterocycles. The first-order valence-electron chi connectivity index (χ1n) is 8.36. The molecule has 26 heavy (non-hydrogen) atoms. The van der Waals surface area contributed by atoms with E-state index in [1.165, 1.54) is 22.2 Å². The minimum Gasteiger partial charge on any atom is -0.360 e. The summed E-state index contributed by atoms with van der Waals surface area (Å²) in [6.07, 6.45) is 3.09. The van der Waals surface area contributed by atoms with Crippen LogP contribution in [0.25, 0.3) is 10.2 Å². The fourth-order valence-electron chi connectivity index (χ4n) is 3.08. The topological polar surface area (TPSA) is 90.0 Å². The van der Waals surface area contributed by atoms with Gasteiger partial charge in [-0.2, -0.15) is 0 Å². The number of carbonyl (C=O) groups is 1. The lowest BCUT2D eigenvalue weighted by Gasteiger charge is -2.12. The number of amides is 1. The normalized spacial score (nSPS) is 14.6. The van der Waals surface area contributed by atoms with Gasteiger partial charge in [0.05, 0.1) is 10.6 Å². The summed E-state index contributed by atoms with van der Waals surface area (Å²) in [6.45, 7) is 3.53. The van der Waals surface area contributed by atoms with Crippen molar-refractivity contribution >= 4 is 45.0 Å². The summed E-state index contributed by atoms with van der Waals surface area (Å²) in [4.78, 5) is 31.9. The van der Waals surface area contributed by atoms with Crippen LogP contribution in [0.5, 0.6) is 0 Å². The van der Waals surface area contributed by atoms with E-state index >= 15 is 0 Å². The van der Waals surface area contributed by atoms with Gasteiger partial charge in [0, 0.05) is 18.0 Å². The van der Waals surface area contributed by atoms with Crippen LogP contribution in [-0.2, 0) is 24.7 Å². The number of anilines is 1. The maximum absolute atomic E-state index is 12.8. The minimum atomic E-state index is -0.436. The summed E-state index contributed by atoms with van der Waals surface area (Å²) in [5.41, 5.74) is 1.14. The summed E-state index contributed by atoms with van der Waals surface area (Å²) in [7, 11) is 1.71. The maximum Gasteiger partial charge on any atom is 0.262 e. The van der Waals surface area contributed by atoms with Gasteiger partial charge in [-0.15, -0.1) is 11.3 Å². The molecule has 3 aromatic heterocycles. The Morgan fingerprint density at radius 2 is 2.27 bits per heavy atom. The van der Waals surface area contributed by atoms with E-state index in [1.54, 1.807) is 42.9 Å². The van der Waals surface area contributed by atoms with Gasteiger partial charge in [-0.1, -0.05) is 16.9 Å². The van der Waals surface area contributed by atoms with E-state index in [-0.39, 0.29) is 11.5 Å². The maximum atomic E-state index is 12.8. The number of nitrogens with one attached hydrogen (secondary N) is 1. The van der Waals surface area contributed by atoms with Gasteiger partial charge in [-0.05, 0) is 38.7 Å². The minimum absolute atomic E-state index is 0.0309. The lowest BCUT2D eigenvalue weighted by molar-refractivity contribution is -0.115. The molecule has 1 aliphatic carbocycles. The van der Waals surface area contributed by atoms with Crippen LogP contribution in [0.15, 0.2) is 20.5 Å². The number of hydrogen-bond acceptors (Lipinski definition) is 7. The standard InChI is InChI=1S/C17H18N4O3S2/c1-8-7-12(20-24-8)18-14(22)9(2)25-17-19-15-13(16(23)21(17)3)10-5-4-6-11(10)26-15/h7,9H,4-6H2,1-3H3,(H,18,20,22). The monoisotopic (exact) mass is 390 g/mol. The fourth-order valence-corrected chi connectivity index (χ4v) is 5.25. The van der Waals surface area contributed by atoms with Gasteiger partial charge in [-0.25, -0.2) is 4.98 Å². The van der Waals surface area contributed by atoms with Crippen LogP contribution >= 0.6 is 23.1 Å². The third-order valence-corrected chi connectivity index (χ3v) is 6.77. The Hall–Kier alpha value is -2.13. The number of hydrogen-bond donors (Lipinski definition) is 1. The molecule has 0 bridgehead atoms. The third kappa shape index (κ3) is 2.95. The zero-order valence-corrected chi connectivity index (χ0v) is 16.3. The number of nitrogens with zero attached hydrogens (tertiary/aromatic N) is 3. The molecule has 4 rings (SSSR count). The summed E-state index contributed by atoms with van der Waals surface area (Å²) < 4.78 is 6.49. The average molecular weight is 390 g/mol. The molecule has 0 spiro atoms. The summed E-state index contributed by atoms with van der Waals surface area (Å²) in [6, 6.07) is 1.66. The Labute approximate surface area is 157 Å². The smallest absolute Gasteiger partial charge is 0.262 e. The van der Waals surface area contributed by atoms with Crippen LogP contribution in [-0.4, -0.2) is 25.9 Å². The number of thiophene rings is 1. The van der Waals surface area contributed by atoms with Gasteiger partial charge < -0.3 is 9.84 Å². The molecule has 0 aromatic carbocycles.